The maximum absolute atomic E-state index is 13.0. The summed E-state index contributed by atoms with van der Waals surface area (Å²) in [6.45, 7) is 4.41. The first kappa shape index (κ1) is 19.0. The summed E-state index contributed by atoms with van der Waals surface area (Å²) in [6.07, 6.45) is 6.94. The van der Waals surface area contributed by atoms with Gasteiger partial charge in [-0.05, 0) is 50.0 Å². The van der Waals surface area contributed by atoms with E-state index in [-0.39, 0.29) is 11.2 Å². The summed E-state index contributed by atoms with van der Waals surface area (Å²) in [5.74, 6) is 1.87. The van der Waals surface area contributed by atoms with Crippen LogP contribution in [0.3, 0.4) is 0 Å². The first-order chi connectivity index (χ1) is 14.2. The fourth-order valence-corrected chi connectivity index (χ4v) is 5.05. The van der Waals surface area contributed by atoms with Gasteiger partial charge in [-0.2, -0.15) is 0 Å². The van der Waals surface area contributed by atoms with E-state index < -0.39 is 0 Å². The number of rotatable bonds is 7. The van der Waals surface area contributed by atoms with Crippen LogP contribution in [0.1, 0.15) is 62.3 Å². The Balaban J connectivity index is 1.42. The minimum absolute atomic E-state index is 0.0856. The molecule has 1 aromatic heterocycles. The zero-order valence-electron chi connectivity index (χ0n) is 17.0. The van der Waals surface area contributed by atoms with Crippen molar-refractivity contribution in [1.29, 1.82) is 0 Å². The number of carbonyl (C=O) groups is 1. The number of amides is 1. The van der Waals surface area contributed by atoms with Crippen molar-refractivity contribution in [2.24, 2.45) is 5.92 Å². The second-order valence-corrected chi connectivity index (χ2v) is 9.82. The van der Waals surface area contributed by atoms with Gasteiger partial charge in [-0.15, -0.1) is 10.2 Å². The summed E-state index contributed by atoms with van der Waals surface area (Å²) in [5.41, 5.74) is 1.02. The lowest BCUT2D eigenvalue weighted by Gasteiger charge is -2.31. The highest BCUT2D eigenvalue weighted by Gasteiger charge is 2.35. The molecule has 1 saturated heterocycles. The van der Waals surface area contributed by atoms with E-state index in [1.807, 2.05) is 30.3 Å². The number of benzene rings is 1. The van der Waals surface area contributed by atoms with Crippen molar-refractivity contribution in [2.75, 3.05) is 18.0 Å². The van der Waals surface area contributed by atoms with Gasteiger partial charge in [0.25, 0.3) is 0 Å². The van der Waals surface area contributed by atoms with Crippen LogP contribution in [0.15, 0.2) is 35.5 Å². The molecular formula is C22H29N5OS. The standard InChI is InChI=1S/C22H29N5OS/c1-15-11-13-26(14-12-15)21-24-25-22(27(21)18-9-10-18)29-19(16-5-3-2-4-6-16)20(28)23-17-7-8-17/h2-6,15,17-19H,7-14H2,1H3,(H,23,28). The molecule has 2 aliphatic carbocycles. The minimum atomic E-state index is -0.298. The number of nitrogens with one attached hydrogen (secondary N) is 1. The molecule has 0 bridgehead atoms. The summed E-state index contributed by atoms with van der Waals surface area (Å²) in [6, 6.07) is 10.9. The molecule has 1 N–H and O–H groups in total. The molecule has 1 atom stereocenters. The molecule has 1 unspecified atom stereocenters. The monoisotopic (exact) mass is 411 g/mol. The highest BCUT2D eigenvalue weighted by Crippen LogP contribution is 2.44. The molecular weight excluding hydrogens is 382 g/mol. The third kappa shape index (κ3) is 4.29. The Kier molecular flexibility index (Phi) is 5.24. The predicted molar refractivity (Wildman–Crippen MR) is 115 cm³/mol. The number of carbonyl (C=O) groups excluding carboxylic acids is 1. The maximum Gasteiger partial charge on any atom is 0.238 e. The first-order valence-electron chi connectivity index (χ1n) is 10.9. The van der Waals surface area contributed by atoms with Crippen LogP contribution in [0, 0.1) is 5.92 Å². The van der Waals surface area contributed by atoms with E-state index in [0.29, 0.717) is 12.1 Å². The van der Waals surface area contributed by atoms with E-state index in [2.05, 4.69) is 31.9 Å². The average Bonchev–Trinajstić information content (AvgIpc) is 3.67. The molecule has 154 valence electrons. The Hall–Kier alpha value is -2.02. The summed E-state index contributed by atoms with van der Waals surface area (Å²) >= 11 is 1.55. The smallest absolute Gasteiger partial charge is 0.238 e. The largest absolute Gasteiger partial charge is 0.352 e. The zero-order valence-corrected chi connectivity index (χ0v) is 17.8. The molecule has 3 fully saturated rings. The van der Waals surface area contributed by atoms with E-state index in [0.717, 1.165) is 48.5 Å². The summed E-state index contributed by atoms with van der Waals surface area (Å²) in [5, 5.41) is 12.9. The number of nitrogens with zero attached hydrogens (tertiary/aromatic N) is 4. The Morgan fingerprint density at radius 3 is 2.45 bits per heavy atom. The molecule has 3 aliphatic rings. The normalized spacial score (nSPS) is 21.2. The van der Waals surface area contributed by atoms with Crippen molar-refractivity contribution in [3.8, 4) is 0 Å². The van der Waals surface area contributed by atoms with Gasteiger partial charge in [-0.1, -0.05) is 49.0 Å². The number of hydrogen-bond donors (Lipinski definition) is 1. The number of aromatic nitrogens is 3. The molecule has 2 heterocycles. The van der Waals surface area contributed by atoms with Gasteiger partial charge < -0.3 is 10.2 Å². The van der Waals surface area contributed by atoms with E-state index in [1.54, 1.807) is 11.8 Å². The van der Waals surface area contributed by atoms with Gasteiger partial charge in [-0.25, -0.2) is 0 Å². The molecule has 0 radical (unpaired) electrons. The van der Waals surface area contributed by atoms with Crippen LogP contribution < -0.4 is 10.2 Å². The number of anilines is 1. The average molecular weight is 412 g/mol. The number of hydrogen-bond acceptors (Lipinski definition) is 5. The second-order valence-electron chi connectivity index (χ2n) is 8.74. The Bertz CT molecular complexity index is 853. The lowest BCUT2D eigenvalue weighted by molar-refractivity contribution is -0.120. The van der Waals surface area contributed by atoms with Crippen LogP contribution in [0.4, 0.5) is 5.95 Å². The predicted octanol–water partition coefficient (Wildman–Crippen LogP) is 3.96. The van der Waals surface area contributed by atoms with Gasteiger partial charge in [0.1, 0.15) is 5.25 Å². The lowest BCUT2D eigenvalue weighted by atomic mass is 10.00. The van der Waals surface area contributed by atoms with Gasteiger partial charge in [0.2, 0.25) is 11.9 Å². The second kappa shape index (κ2) is 8.01. The van der Waals surface area contributed by atoms with Gasteiger partial charge in [0.15, 0.2) is 5.16 Å². The van der Waals surface area contributed by atoms with Crippen molar-refractivity contribution >= 4 is 23.6 Å². The molecule has 0 spiro atoms. The molecule has 7 heteroatoms. The lowest BCUT2D eigenvalue weighted by Crippen LogP contribution is -2.34. The molecule has 5 rings (SSSR count). The third-order valence-electron chi connectivity index (χ3n) is 6.11. The molecule has 1 aliphatic heterocycles. The molecule has 1 aromatic carbocycles. The van der Waals surface area contributed by atoms with Crippen molar-refractivity contribution in [3.05, 3.63) is 35.9 Å². The molecule has 2 aromatic rings. The molecule has 2 saturated carbocycles. The highest BCUT2D eigenvalue weighted by atomic mass is 32.2. The van der Waals surface area contributed by atoms with E-state index in [1.165, 1.54) is 25.7 Å². The maximum atomic E-state index is 13.0. The van der Waals surface area contributed by atoms with Crippen LogP contribution >= 0.6 is 11.8 Å². The fourth-order valence-electron chi connectivity index (χ4n) is 3.94. The number of piperidine rings is 1. The van der Waals surface area contributed by atoms with Gasteiger partial charge in [-0.3, -0.25) is 9.36 Å². The topological polar surface area (TPSA) is 63.1 Å². The van der Waals surface area contributed by atoms with E-state index in [4.69, 9.17) is 0 Å². The number of thioether (sulfide) groups is 1. The Labute approximate surface area is 176 Å². The van der Waals surface area contributed by atoms with E-state index >= 15 is 0 Å². The van der Waals surface area contributed by atoms with Crippen LogP contribution in [0.25, 0.3) is 0 Å². The van der Waals surface area contributed by atoms with Crippen molar-refractivity contribution < 1.29 is 4.79 Å². The van der Waals surface area contributed by atoms with Gasteiger partial charge in [0.05, 0.1) is 0 Å². The van der Waals surface area contributed by atoms with Gasteiger partial charge in [0, 0.05) is 25.2 Å². The highest BCUT2D eigenvalue weighted by molar-refractivity contribution is 8.00. The SMILES string of the molecule is CC1CCN(c2nnc(SC(C(=O)NC3CC3)c3ccccc3)n2C2CC2)CC1. The summed E-state index contributed by atoms with van der Waals surface area (Å²) in [4.78, 5) is 15.4. The van der Waals surface area contributed by atoms with Gasteiger partial charge >= 0.3 is 0 Å². The molecule has 29 heavy (non-hydrogen) atoms. The summed E-state index contributed by atoms with van der Waals surface area (Å²) < 4.78 is 2.31. The van der Waals surface area contributed by atoms with Crippen molar-refractivity contribution in [3.63, 3.8) is 0 Å². The van der Waals surface area contributed by atoms with Crippen molar-refractivity contribution in [2.45, 2.75) is 67.9 Å². The summed E-state index contributed by atoms with van der Waals surface area (Å²) in [7, 11) is 0. The van der Waals surface area contributed by atoms with Crippen molar-refractivity contribution in [1.82, 2.24) is 20.1 Å². The molecule has 6 nitrogen and oxygen atoms in total. The quantitative estimate of drug-likeness (QED) is 0.699. The molecule has 1 amide bonds. The van der Waals surface area contributed by atoms with Crippen LogP contribution in [-0.4, -0.2) is 39.8 Å². The Morgan fingerprint density at radius 1 is 1.07 bits per heavy atom. The van der Waals surface area contributed by atoms with E-state index in [9.17, 15) is 4.79 Å². The minimum Gasteiger partial charge on any atom is -0.352 e. The van der Waals surface area contributed by atoms with Crippen LogP contribution in [0.5, 0.6) is 0 Å². The first-order valence-corrected chi connectivity index (χ1v) is 11.8. The fraction of sp³-hybridized carbons (Fsp3) is 0.591. The van der Waals surface area contributed by atoms with Crippen LogP contribution in [0.2, 0.25) is 0 Å². The Morgan fingerprint density at radius 2 is 1.79 bits per heavy atom. The third-order valence-corrected chi connectivity index (χ3v) is 7.32. The zero-order chi connectivity index (χ0) is 19.8. The van der Waals surface area contributed by atoms with Crippen LogP contribution in [-0.2, 0) is 4.79 Å².